The Balaban J connectivity index is 3.65. The van der Waals surface area contributed by atoms with Gasteiger partial charge in [-0.05, 0) is 34.3 Å². The second-order valence-electron chi connectivity index (χ2n) is 3.73. The molecule has 0 spiro atoms. The number of thioether (sulfide) groups is 1. The monoisotopic (exact) mass is 385 g/mol. The Morgan fingerprint density at radius 1 is 1.00 bits per heavy atom. The Hall–Kier alpha value is -0.640. The first-order valence-corrected chi connectivity index (χ1v) is 6.84. The van der Waals surface area contributed by atoms with Gasteiger partial charge in [0, 0.05) is 14.9 Å². The Kier molecular flexibility index (Phi) is 4.60. The van der Waals surface area contributed by atoms with Crippen LogP contribution in [0.15, 0.2) is 21.5 Å². The summed E-state index contributed by atoms with van der Waals surface area (Å²) in [4.78, 5) is -0.0927. The van der Waals surface area contributed by atoms with Crippen LogP contribution in [0.3, 0.4) is 0 Å². The van der Waals surface area contributed by atoms with E-state index in [2.05, 4.69) is 15.9 Å². The van der Waals surface area contributed by atoms with Crippen LogP contribution in [0.25, 0.3) is 0 Å². The van der Waals surface area contributed by atoms with Gasteiger partial charge >= 0.3 is 18.0 Å². The first kappa shape index (κ1) is 17.4. The molecule has 0 amide bonds. The van der Waals surface area contributed by atoms with Gasteiger partial charge in [-0.3, -0.25) is 0 Å². The van der Waals surface area contributed by atoms with Crippen LogP contribution in [0.2, 0.25) is 0 Å². The van der Waals surface area contributed by atoms with Gasteiger partial charge in [0.05, 0.1) is 5.69 Å². The highest BCUT2D eigenvalue weighted by molar-refractivity contribution is 9.10. The fourth-order valence-corrected chi connectivity index (χ4v) is 2.61. The van der Waals surface area contributed by atoms with E-state index in [1.54, 1.807) is 0 Å². The zero-order chi connectivity index (χ0) is 15.9. The summed E-state index contributed by atoms with van der Waals surface area (Å²) in [6.07, 6.45) is -10.9. The lowest BCUT2D eigenvalue weighted by Crippen LogP contribution is -2.50. The van der Waals surface area contributed by atoms with Crippen LogP contribution in [0, 0.1) is 0 Å². The SMILES string of the molecule is CSc1cc(C(F)(C(F)(F)F)C(F)(F)F)cc(Br)c1N. The Morgan fingerprint density at radius 2 is 1.45 bits per heavy atom. The van der Waals surface area contributed by atoms with Crippen molar-refractivity contribution < 1.29 is 30.7 Å². The van der Waals surface area contributed by atoms with Gasteiger partial charge in [0.1, 0.15) is 0 Å². The van der Waals surface area contributed by atoms with E-state index in [0.717, 1.165) is 11.8 Å². The van der Waals surface area contributed by atoms with E-state index < -0.39 is 23.6 Å². The topological polar surface area (TPSA) is 26.0 Å². The van der Waals surface area contributed by atoms with Crippen molar-refractivity contribution in [3.05, 3.63) is 22.2 Å². The van der Waals surface area contributed by atoms with Crippen molar-refractivity contribution in [2.24, 2.45) is 0 Å². The average Bonchev–Trinajstić information content (AvgIpc) is 2.28. The van der Waals surface area contributed by atoms with Gasteiger partial charge in [-0.15, -0.1) is 11.8 Å². The molecule has 0 unspecified atom stereocenters. The quantitative estimate of drug-likeness (QED) is 0.438. The van der Waals surface area contributed by atoms with Crippen LogP contribution in [0.4, 0.5) is 36.4 Å². The van der Waals surface area contributed by atoms with E-state index in [4.69, 9.17) is 5.73 Å². The number of anilines is 1. The van der Waals surface area contributed by atoms with Gasteiger partial charge in [-0.2, -0.15) is 26.3 Å². The number of nitrogen functional groups attached to an aromatic ring is 1. The van der Waals surface area contributed by atoms with Gasteiger partial charge in [0.15, 0.2) is 0 Å². The van der Waals surface area contributed by atoms with Crippen molar-refractivity contribution in [2.45, 2.75) is 22.9 Å². The van der Waals surface area contributed by atoms with Crippen molar-refractivity contribution in [3.8, 4) is 0 Å². The largest absolute Gasteiger partial charge is 0.435 e. The number of hydrogen-bond donors (Lipinski definition) is 1. The lowest BCUT2D eigenvalue weighted by atomic mass is 9.94. The molecule has 1 nitrogen and oxygen atoms in total. The van der Waals surface area contributed by atoms with E-state index in [1.165, 1.54) is 6.26 Å². The normalized spacial score (nSPS) is 13.7. The summed E-state index contributed by atoms with van der Waals surface area (Å²) in [5.74, 6) is 0. The molecule has 0 aliphatic rings. The molecular weight excluding hydrogens is 379 g/mol. The van der Waals surface area contributed by atoms with Crippen molar-refractivity contribution >= 4 is 33.4 Å². The lowest BCUT2D eigenvalue weighted by molar-refractivity contribution is -0.348. The lowest BCUT2D eigenvalue weighted by Gasteiger charge is -2.30. The predicted octanol–water partition coefficient (Wildman–Crippen LogP) is 5.04. The molecular formula is C10H7BrF7NS. The molecule has 0 heterocycles. The molecule has 0 aliphatic heterocycles. The van der Waals surface area contributed by atoms with E-state index in [1.807, 2.05) is 0 Å². The van der Waals surface area contributed by atoms with Crippen LogP contribution in [0.5, 0.6) is 0 Å². The molecule has 114 valence electrons. The third-order valence-electron chi connectivity index (χ3n) is 2.49. The van der Waals surface area contributed by atoms with Gasteiger partial charge in [0.2, 0.25) is 0 Å². The Morgan fingerprint density at radius 3 is 1.80 bits per heavy atom. The third kappa shape index (κ3) is 2.72. The molecule has 0 fully saturated rings. The number of rotatable bonds is 2. The molecule has 0 aliphatic carbocycles. The molecule has 10 heteroatoms. The van der Waals surface area contributed by atoms with Crippen LogP contribution < -0.4 is 5.73 Å². The van der Waals surface area contributed by atoms with Crippen LogP contribution in [-0.2, 0) is 5.67 Å². The molecule has 0 saturated carbocycles. The minimum atomic E-state index is -6.14. The Labute approximate surface area is 121 Å². The van der Waals surface area contributed by atoms with E-state index >= 15 is 0 Å². The van der Waals surface area contributed by atoms with Crippen LogP contribution in [-0.4, -0.2) is 18.6 Å². The van der Waals surface area contributed by atoms with E-state index in [9.17, 15) is 30.7 Å². The predicted molar refractivity (Wildman–Crippen MR) is 65.2 cm³/mol. The van der Waals surface area contributed by atoms with Gasteiger partial charge < -0.3 is 5.73 Å². The highest BCUT2D eigenvalue weighted by atomic mass is 79.9. The second-order valence-corrected chi connectivity index (χ2v) is 5.43. The second kappa shape index (κ2) is 5.28. The molecule has 0 bridgehead atoms. The molecule has 0 radical (unpaired) electrons. The zero-order valence-electron chi connectivity index (χ0n) is 9.66. The van der Waals surface area contributed by atoms with Crippen LogP contribution in [0.1, 0.15) is 5.56 Å². The maximum atomic E-state index is 13.8. The molecule has 2 N–H and O–H groups in total. The minimum absolute atomic E-state index is 0.0621. The molecule has 0 aromatic heterocycles. The number of nitrogens with two attached hydrogens (primary N) is 1. The third-order valence-corrected chi connectivity index (χ3v) is 3.92. The molecule has 0 saturated heterocycles. The standard InChI is InChI=1S/C10H7BrF7NS/c1-20-6-3-4(2-5(11)7(6)19)8(12,9(13,14)15)10(16,17)18/h2-3H,19H2,1H3. The summed E-state index contributed by atoms with van der Waals surface area (Å²) in [5, 5.41) is 0. The van der Waals surface area contributed by atoms with Crippen LogP contribution >= 0.6 is 27.7 Å². The van der Waals surface area contributed by atoms with Gasteiger partial charge in [-0.1, -0.05) is 0 Å². The van der Waals surface area contributed by atoms with E-state index in [0.29, 0.717) is 12.1 Å². The van der Waals surface area contributed by atoms with Crippen molar-refractivity contribution in [2.75, 3.05) is 12.0 Å². The maximum absolute atomic E-state index is 13.8. The van der Waals surface area contributed by atoms with Crippen molar-refractivity contribution in [3.63, 3.8) is 0 Å². The number of alkyl halides is 7. The summed E-state index contributed by atoms with van der Waals surface area (Å²) in [6.45, 7) is 0. The average molecular weight is 386 g/mol. The smallest absolute Gasteiger partial charge is 0.397 e. The Bertz CT molecular complexity index is 498. The highest BCUT2D eigenvalue weighted by Gasteiger charge is 2.73. The molecule has 1 aromatic carbocycles. The zero-order valence-corrected chi connectivity index (χ0v) is 12.1. The van der Waals surface area contributed by atoms with Gasteiger partial charge in [0.25, 0.3) is 0 Å². The first-order valence-electron chi connectivity index (χ1n) is 4.82. The summed E-state index contributed by atoms with van der Waals surface area (Å²) in [6, 6.07) is 0.835. The highest BCUT2D eigenvalue weighted by Crippen LogP contribution is 2.54. The summed E-state index contributed by atoms with van der Waals surface area (Å²) >= 11 is 3.53. The summed E-state index contributed by atoms with van der Waals surface area (Å²) in [7, 11) is 0. The molecule has 1 rings (SSSR count). The van der Waals surface area contributed by atoms with E-state index in [-0.39, 0.29) is 15.1 Å². The number of hydrogen-bond acceptors (Lipinski definition) is 2. The summed E-state index contributed by atoms with van der Waals surface area (Å²) in [5.41, 5.74) is -1.62. The fraction of sp³-hybridized carbons (Fsp3) is 0.400. The number of benzene rings is 1. The van der Waals surface area contributed by atoms with Crippen molar-refractivity contribution in [1.29, 1.82) is 0 Å². The minimum Gasteiger partial charge on any atom is -0.397 e. The molecule has 1 aromatic rings. The summed E-state index contributed by atoms with van der Waals surface area (Å²) < 4.78 is 89.2. The van der Waals surface area contributed by atoms with Gasteiger partial charge in [-0.25, -0.2) is 4.39 Å². The molecule has 20 heavy (non-hydrogen) atoms. The molecule has 0 atom stereocenters. The van der Waals surface area contributed by atoms with Crippen molar-refractivity contribution in [1.82, 2.24) is 0 Å². The first-order chi connectivity index (χ1) is 8.86. The maximum Gasteiger partial charge on any atom is 0.435 e. The fourth-order valence-electron chi connectivity index (χ4n) is 1.45. The number of halogens is 8.